The molecule has 0 aromatic carbocycles. The number of alkyl halides is 3. The van der Waals surface area contributed by atoms with Gasteiger partial charge >= 0.3 is 6.18 Å². The fraction of sp³-hybridized carbons (Fsp3) is 0.786. The predicted molar refractivity (Wildman–Crippen MR) is 75.6 cm³/mol. The quantitative estimate of drug-likeness (QED) is 0.885. The minimum atomic E-state index is -4.37. The van der Waals surface area contributed by atoms with E-state index in [0.29, 0.717) is 18.1 Å². The largest absolute Gasteiger partial charge is 0.393 e. The second kappa shape index (κ2) is 6.86. The molecule has 1 aromatic rings. The first-order chi connectivity index (χ1) is 10.7. The van der Waals surface area contributed by atoms with Crippen molar-refractivity contribution >= 4 is 5.91 Å². The summed E-state index contributed by atoms with van der Waals surface area (Å²) in [7, 11) is 1.58. The smallest absolute Gasteiger partial charge is 0.355 e. The third-order valence-electron chi connectivity index (χ3n) is 3.90. The number of likely N-dealkylation sites (tertiary alicyclic amines) is 1. The van der Waals surface area contributed by atoms with Gasteiger partial charge in [0.2, 0.25) is 11.8 Å². The zero-order valence-electron chi connectivity index (χ0n) is 13.4. The molecule has 1 saturated heterocycles. The van der Waals surface area contributed by atoms with E-state index in [9.17, 15) is 18.0 Å². The van der Waals surface area contributed by atoms with Gasteiger partial charge in [-0.25, -0.2) is 0 Å². The molecule has 0 aliphatic carbocycles. The fourth-order valence-corrected chi connectivity index (χ4v) is 2.63. The second-order valence-corrected chi connectivity index (χ2v) is 6.22. The van der Waals surface area contributed by atoms with Crippen LogP contribution in [0.5, 0.6) is 0 Å². The Morgan fingerprint density at radius 1 is 1.43 bits per heavy atom. The van der Waals surface area contributed by atoms with Gasteiger partial charge < -0.3 is 14.7 Å². The zero-order valence-corrected chi connectivity index (χ0v) is 13.4. The topological polar surface area (TPSA) is 71.3 Å². The van der Waals surface area contributed by atoms with Gasteiger partial charge in [-0.2, -0.15) is 18.2 Å². The minimum Gasteiger partial charge on any atom is -0.355 e. The highest BCUT2D eigenvalue weighted by molar-refractivity contribution is 5.79. The van der Waals surface area contributed by atoms with Crippen LogP contribution >= 0.6 is 0 Å². The number of nitrogens with one attached hydrogen (secondary N) is 1. The summed E-state index contributed by atoms with van der Waals surface area (Å²) in [6, 6.07) is 0. The predicted octanol–water partition coefficient (Wildman–Crippen LogP) is 1.59. The Labute approximate surface area is 132 Å². The van der Waals surface area contributed by atoms with E-state index in [1.54, 1.807) is 7.05 Å². The Balaban J connectivity index is 1.86. The Morgan fingerprint density at radius 3 is 2.70 bits per heavy atom. The van der Waals surface area contributed by atoms with Crippen molar-refractivity contribution in [3.63, 3.8) is 0 Å². The number of aromatic nitrogens is 2. The summed E-state index contributed by atoms with van der Waals surface area (Å²) in [6.07, 6.45) is -4.07. The molecular formula is C14H21F3N4O2. The van der Waals surface area contributed by atoms with Crippen molar-refractivity contribution in [1.82, 2.24) is 20.4 Å². The van der Waals surface area contributed by atoms with E-state index >= 15 is 0 Å². The number of carbonyl (C=O) groups is 1. The third kappa shape index (κ3) is 4.43. The van der Waals surface area contributed by atoms with Crippen molar-refractivity contribution in [2.75, 3.05) is 26.7 Å². The van der Waals surface area contributed by atoms with Crippen LogP contribution in [-0.2, 0) is 11.2 Å². The van der Waals surface area contributed by atoms with Crippen LogP contribution in [-0.4, -0.2) is 53.8 Å². The van der Waals surface area contributed by atoms with Crippen LogP contribution in [0.2, 0.25) is 0 Å². The van der Waals surface area contributed by atoms with E-state index in [2.05, 4.69) is 15.5 Å². The molecule has 2 rings (SSSR count). The molecule has 0 bridgehead atoms. The molecule has 0 spiro atoms. The number of nitrogens with zero attached hydrogens (tertiary/aromatic N) is 3. The lowest BCUT2D eigenvalue weighted by atomic mass is 9.94. The molecule has 0 radical (unpaired) electrons. The average molecular weight is 334 g/mol. The van der Waals surface area contributed by atoms with E-state index in [0.717, 1.165) is 0 Å². The summed E-state index contributed by atoms with van der Waals surface area (Å²) < 4.78 is 43.9. The molecule has 1 aliphatic rings. The van der Waals surface area contributed by atoms with Gasteiger partial charge in [0.1, 0.15) is 0 Å². The molecule has 9 heteroatoms. The van der Waals surface area contributed by atoms with Gasteiger partial charge in [0.05, 0.1) is 11.8 Å². The molecule has 2 heterocycles. The zero-order chi connectivity index (χ0) is 17.2. The third-order valence-corrected chi connectivity index (χ3v) is 3.90. The van der Waals surface area contributed by atoms with Crippen LogP contribution in [0.25, 0.3) is 0 Å². The first-order valence-electron chi connectivity index (χ1n) is 7.54. The molecule has 130 valence electrons. The molecule has 0 saturated carbocycles. The summed E-state index contributed by atoms with van der Waals surface area (Å²) in [4.78, 5) is 17.7. The summed E-state index contributed by atoms with van der Waals surface area (Å²) in [5.74, 6) is -2.22. The highest BCUT2D eigenvalue weighted by Crippen LogP contribution is 2.37. The van der Waals surface area contributed by atoms with Gasteiger partial charge in [-0.15, -0.1) is 0 Å². The van der Waals surface area contributed by atoms with Crippen LogP contribution in [0.3, 0.4) is 0 Å². The first-order valence-corrected chi connectivity index (χ1v) is 7.54. The molecule has 2 atom stereocenters. The van der Waals surface area contributed by atoms with Gasteiger partial charge in [0.15, 0.2) is 5.82 Å². The van der Waals surface area contributed by atoms with Crippen molar-refractivity contribution in [3.05, 3.63) is 11.7 Å². The van der Waals surface area contributed by atoms with E-state index < -0.39 is 23.9 Å². The number of halogens is 3. The van der Waals surface area contributed by atoms with E-state index in [-0.39, 0.29) is 25.6 Å². The van der Waals surface area contributed by atoms with E-state index in [1.165, 1.54) is 4.90 Å². The Hall–Kier alpha value is -1.64. The number of hydrogen-bond acceptors (Lipinski definition) is 5. The Kier molecular flexibility index (Phi) is 5.28. The minimum absolute atomic E-state index is 0.105. The lowest BCUT2D eigenvalue weighted by Crippen LogP contribution is -2.40. The summed E-state index contributed by atoms with van der Waals surface area (Å²) >= 11 is 0. The second-order valence-electron chi connectivity index (χ2n) is 6.22. The molecule has 6 nitrogen and oxygen atoms in total. The van der Waals surface area contributed by atoms with E-state index in [1.807, 2.05) is 13.8 Å². The summed E-state index contributed by atoms with van der Waals surface area (Å²) in [5, 5.41) is 6.33. The van der Waals surface area contributed by atoms with Crippen LogP contribution in [0, 0.1) is 11.8 Å². The van der Waals surface area contributed by atoms with Gasteiger partial charge in [0, 0.05) is 32.0 Å². The van der Waals surface area contributed by atoms with Gasteiger partial charge in [-0.3, -0.25) is 4.79 Å². The van der Waals surface area contributed by atoms with Crippen LogP contribution < -0.4 is 5.32 Å². The molecule has 23 heavy (non-hydrogen) atoms. The maximum absolute atomic E-state index is 13.0. The van der Waals surface area contributed by atoms with Crippen molar-refractivity contribution in [1.29, 1.82) is 0 Å². The van der Waals surface area contributed by atoms with Crippen molar-refractivity contribution < 1.29 is 22.5 Å². The SMILES string of the molecule is CC(C)c1noc(CCNC(=O)[C@@H]2CN(C)C[C@H]2C(F)(F)F)n1. The van der Waals surface area contributed by atoms with Gasteiger partial charge in [-0.1, -0.05) is 19.0 Å². The van der Waals surface area contributed by atoms with Crippen LogP contribution in [0.15, 0.2) is 4.52 Å². The van der Waals surface area contributed by atoms with Crippen molar-refractivity contribution in [2.45, 2.75) is 32.4 Å². The lowest BCUT2D eigenvalue weighted by Gasteiger charge is -2.20. The average Bonchev–Trinajstić information content (AvgIpc) is 3.04. The number of hydrogen-bond donors (Lipinski definition) is 1. The molecule has 1 aliphatic heterocycles. The summed E-state index contributed by atoms with van der Waals surface area (Å²) in [6.45, 7) is 3.97. The highest BCUT2D eigenvalue weighted by atomic mass is 19.4. The van der Waals surface area contributed by atoms with Crippen LogP contribution in [0.4, 0.5) is 13.2 Å². The van der Waals surface area contributed by atoms with E-state index in [4.69, 9.17) is 4.52 Å². The normalized spacial score (nSPS) is 22.7. The fourth-order valence-electron chi connectivity index (χ4n) is 2.63. The monoisotopic (exact) mass is 334 g/mol. The maximum atomic E-state index is 13.0. The van der Waals surface area contributed by atoms with Gasteiger partial charge in [-0.05, 0) is 7.05 Å². The standard InChI is InChI=1S/C14H21F3N4O2/c1-8(2)12-19-11(23-20-12)4-5-18-13(22)9-6-21(3)7-10(9)14(15,16)17/h8-10H,4-7H2,1-3H3,(H,18,22)/t9-,10-/m1/s1. The number of amides is 1. The molecule has 1 fully saturated rings. The molecule has 1 N–H and O–H groups in total. The lowest BCUT2D eigenvalue weighted by molar-refractivity contribution is -0.183. The van der Waals surface area contributed by atoms with Gasteiger partial charge in [0.25, 0.3) is 0 Å². The number of carbonyl (C=O) groups excluding carboxylic acids is 1. The molecule has 1 aromatic heterocycles. The molecule has 0 unspecified atom stereocenters. The van der Waals surface area contributed by atoms with Crippen molar-refractivity contribution in [2.24, 2.45) is 11.8 Å². The Morgan fingerprint density at radius 2 is 2.13 bits per heavy atom. The molecule has 1 amide bonds. The Bertz CT molecular complexity index is 544. The summed E-state index contributed by atoms with van der Waals surface area (Å²) in [5.41, 5.74) is 0. The number of rotatable bonds is 5. The first kappa shape index (κ1) is 17.7. The highest BCUT2D eigenvalue weighted by Gasteiger charge is 2.51. The van der Waals surface area contributed by atoms with Crippen molar-refractivity contribution in [3.8, 4) is 0 Å². The maximum Gasteiger partial charge on any atom is 0.393 e. The van der Waals surface area contributed by atoms with Crippen LogP contribution in [0.1, 0.15) is 31.5 Å². The molecular weight excluding hydrogens is 313 g/mol.